The Kier molecular flexibility index (Phi) is 5.16. The maximum absolute atomic E-state index is 12.4. The van der Waals surface area contributed by atoms with Crippen LogP contribution in [-0.2, 0) is 0 Å². The van der Waals surface area contributed by atoms with E-state index in [4.69, 9.17) is 4.98 Å². The largest absolute Gasteiger partial charge is 0.573 e. The Hall–Kier alpha value is -2.70. The Balaban J connectivity index is 1.67. The number of para-hydroxylation sites is 2. The average Bonchev–Trinajstić information content (AvgIpc) is 2.98. The molecule has 0 bridgehead atoms. The molecule has 0 aliphatic heterocycles. The summed E-state index contributed by atoms with van der Waals surface area (Å²) < 4.78 is 43.4. The summed E-state index contributed by atoms with van der Waals surface area (Å²) in [5, 5.41) is 3.31. The zero-order valence-electron chi connectivity index (χ0n) is 17.3. The smallest absolute Gasteiger partial charge is 0.406 e. The monoisotopic (exact) mass is 417 g/mol. The van der Waals surface area contributed by atoms with Crippen molar-refractivity contribution in [1.29, 1.82) is 0 Å². The van der Waals surface area contributed by atoms with Crippen LogP contribution in [0.15, 0.2) is 48.5 Å². The number of rotatable bonds is 4. The topological polar surface area (TPSA) is 39.1 Å². The van der Waals surface area contributed by atoms with E-state index in [-0.39, 0.29) is 11.2 Å². The van der Waals surface area contributed by atoms with Gasteiger partial charge in [-0.15, -0.1) is 13.2 Å². The molecule has 1 fully saturated rings. The number of nitrogens with one attached hydrogen (secondary N) is 1. The van der Waals surface area contributed by atoms with Crippen molar-refractivity contribution in [2.75, 3.05) is 5.32 Å². The number of hydrogen-bond donors (Lipinski definition) is 1. The molecular formula is C23H26F3N3O. The molecule has 0 spiro atoms. The molecule has 2 atom stereocenters. The molecule has 30 heavy (non-hydrogen) atoms. The first-order chi connectivity index (χ1) is 14.1. The van der Waals surface area contributed by atoms with Gasteiger partial charge in [-0.3, -0.25) is 0 Å². The van der Waals surface area contributed by atoms with Crippen LogP contribution in [0.2, 0.25) is 0 Å². The summed E-state index contributed by atoms with van der Waals surface area (Å²) in [7, 11) is 0. The first kappa shape index (κ1) is 20.6. The maximum atomic E-state index is 12.4. The predicted octanol–water partition coefficient (Wildman–Crippen LogP) is 7.07. The van der Waals surface area contributed by atoms with Gasteiger partial charge in [-0.05, 0) is 67.0 Å². The molecule has 0 saturated heterocycles. The van der Waals surface area contributed by atoms with Crippen molar-refractivity contribution >= 4 is 22.7 Å². The first-order valence-electron chi connectivity index (χ1n) is 10.2. The number of halogens is 3. The number of aromatic nitrogens is 2. The van der Waals surface area contributed by atoms with Gasteiger partial charge in [-0.2, -0.15) is 0 Å². The minimum Gasteiger partial charge on any atom is -0.406 e. The highest BCUT2D eigenvalue weighted by atomic mass is 19.4. The predicted molar refractivity (Wildman–Crippen MR) is 112 cm³/mol. The van der Waals surface area contributed by atoms with Gasteiger partial charge in [0.1, 0.15) is 5.75 Å². The summed E-state index contributed by atoms with van der Waals surface area (Å²) in [5.41, 5.74) is 2.85. The Bertz CT molecular complexity index is 1020. The molecule has 1 heterocycles. The lowest BCUT2D eigenvalue weighted by atomic mass is 9.70. The molecule has 0 amide bonds. The van der Waals surface area contributed by atoms with Gasteiger partial charge in [0.15, 0.2) is 0 Å². The van der Waals surface area contributed by atoms with Crippen LogP contribution in [0.25, 0.3) is 11.0 Å². The number of benzene rings is 2. The van der Waals surface area contributed by atoms with Crippen molar-refractivity contribution in [2.24, 2.45) is 11.3 Å². The lowest BCUT2D eigenvalue weighted by Crippen LogP contribution is -2.29. The van der Waals surface area contributed by atoms with Crippen molar-refractivity contribution in [2.45, 2.75) is 52.4 Å². The van der Waals surface area contributed by atoms with Crippen molar-refractivity contribution in [3.05, 3.63) is 48.5 Å². The first-order valence-corrected chi connectivity index (χ1v) is 10.2. The molecule has 1 saturated carbocycles. The van der Waals surface area contributed by atoms with E-state index in [0.29, 0.717) is 23.6 Å². The van der Waals surface area contributed by atoms with Gasteiger partial charge < -0.3 is 14.6 Å². The van der Waals surface area contributed by atoms with Crippen LogP contribution in [0.4, 0.5) is 24.8 Å². The molecule has 4 rings (SSSR count). The van der Waals surface area contributed by atoms with Gasteiger partial charge in [0.2, 0.25) is 5.95 Å². The summed E-state index contributed by atoms with van der Waals surface area (Å²) in [6.45, 7) is 6.90. The fraction of sp³-hybridized carbons (Fsp3) is 0.435. The highest BCUT2D eigenvalue weighted by Gasteiger charge is 2.34. The van der Waals surface area contributed by atoms with Crippen molar-refractivity contribution in [1.82, 2.24) is 9.55 Å². The number of ether oxygens (including phenoxy) is 1. The van der Waals surface area contributed by atoms with Crippen LogP contribution in [0.3, 0.4) is 0 Å². The number of anilines is 2. The Labute approximate surface area is 174 Å². The molecule has 4 nitrogen and oxygen atoms in total. The third kappa shape index (κ3) is 4.55. The van der Waals surface area contributed by atoms with Crippen molar-refractivity contribution in [3.8, 4) is 5.75 Å². The summed E-state index contributed by atoms with van der Waals surface area (Å²) in [6, 6.07) is 14.0. The van der Waals surface area contributed by atoms with E-state index in [1.54, 1.807) is 12.1 Å². The van der Waals surface area contributed by atoms with Crippen LogP contribution in [0.1, 0.15) is 46.1 Å². The maximum Gasteiger partial charge on any atom is 0.573 e. The lowest BCUT2D eigenvalue weighted by Gasteiger charge is -2.40. The van der Waals surface area contributed by atoms with Gasteiger partial charge in [0, 0.05) is 11.7 Å². The van der Waals surface area contributed by atoms with Crippen LogP contribution >= 0.6 is 0 Å². The number of alkyl halides is 3. The van der Waals surface area contributed by atoms with E-state index in [1.807, 2.05) is 18.2 Å². The second kappa shape index (κ2) is 7.52. The summed E-state index contributed by atoms with van der Waals surface area (Å²) in [6.07, 6.45) is -1.39. The molecule has 1 aliphatic rings. The van der Waals surface area contributed by atoms with E-state index < -0.39 is 6.36 Å². The fourth-order valence-electron chi connectivity index (χ4n) is 4.86. The number of hydrogen-bond acceptors (Lipinski definition) is 3. The summed E-state index contributed by atoms with van der Waals surface area (Å²) in [5.74, 6) is 1.06. The second-order valence-electron chi connectivity index (χ2n) is 9.06. The molecule has 0 unspecified atom stereocenters. The molecule has 3 aromatic rings. The fourth-order valence-corrected chi connectivity index (χ4v) is 4.86. The van der Waals surface area contributed by atoms with E-state index in [0.717, 1.165) is 23.9 Å². The molecular weight excluding hydrogens is 391 g/mol. The molecule has 7 heteroatoms. The van der Waals surface area contributed by atoms with E-state index in [1.165, 1.54) is 18.6 Å². The van der Waals surface area contributed by atoms with Crippen molar-refractivity contribution in [3.63, 3.8) is 0 Å². The average molecular weight is 417 g/mol. The third-order valence-electron chi connectivity index (χ3n) is 5.67. The van der Waals surface area contributed by atoms with Gasteiger partial charge in [0.25, 0.3) is 0 Å². The zero-order chi connectivity index (χ0) is 21.5. The summed E-state index contributed by atoms with van der Waals surface area (Å²) in [4.78, 5) is 4.78. The molecule has 1 aromatic heterocycles. The number of imidazole rings is 1. The SMILES string of the molecule is C[C@H]1C[C@H](n2c(Nc3ccc(OC(F)(F)F)cc3)nc3ccccc32)CC(C)(C)C1. The van der Waals surface area contributed by atoms with Crippen LogP contribution in [0.5, 0.6) is 5.75 Å². The minimum atomic E-state index is -4.70. The number of nitrogens with zero attached hydrogens (tertiary/aromatic N) is 2. The standard InChI is InChI=1S/C23H26F3N3O/c1-15-12-17(14-22(2,3)13-15)29-20-7-5-4-6-19(20)28-21(29)27-16-8-10-18(11-9-16)30-23(24,25)26/h4-11,15,17H,12-14H2,1-3H3,(H,27,28)/t15-,17-/m0/s1. The second-order valence-corrected chi connectivity index (χ2v) is 9.06. The normalized spacial score (nSPS) is 21.5. The molecule has 2 aromatic carbocycles. The van der Waals surface area contributed by atoms with Crippen molar-refractivity contribution < 1.29 is 17.9 Å². The number of fused-ring (bicyclic) bond motifs is 1. The van der Waals surface area contributed by atoms with Gasteiger partial charge >= 0.3 is 6.36 Å². The van der Waals surface area contributed by atoms with Crippen LogP contribution in [-0.4, -0.2) is 15.9 Å². The molecule has 1 aliphatic carbocycles. The minimum absolute atomic E-state index is 0.238. The van der Waals surface area contributed by atoms with Gasteiger partial charge in [-0.1, -0.05) is 32.9 Å². The molecule has 1 N–H and O–H groups in total. The Morgan fingerprint density at radius 2 is 1.77 bits per heavy atom. The van der Waals surface area contributed by atoms with Crippen LogP contribution in [0, 0.1) is 11.3 Å². The van der Waals surface area contributed by atoms with Gasteiger partial charge in [-0.25, -0.2) is 4.98 Å². The highest BCUT2D eigenvalue weighted by molar-refractivity contribution is 5.80. The van der Waals surface area contributed by atoms with Crippen LogP contribution < -0.4 is 10.1 Å². The Morgan fingerprint density at radius 3 is 2.43 bits per heavy atom. The van der Waals surface area contributed by atoms with E-state index in [9.17, 15) is 13.2 Å². The lowest BCUT2D eigenvalue weighted by molar-refractivity contribution is -0.274. The third-order valence-corrected chi connectivity index (χ3v) is 5.67. The van der Waals surface area contributed by atoms with Gasteiger partial charge in [0.05, 0.1) is 11.0 Å². The Morgan fingerprint density at radius 1 is 1.07 bits per heavy atom. The quantitative estimate of drug-likeness (QED) is 0.494. The highest BCUT2D eigenvalue weighted by Crippen LogP contribution is 2.46. The van der Waals surface area contributed by atoms with E-state index >= 15 is 0 Å². The molecule has 160 valence electrons. The zero-order valence-corrected chi connectivity index (χ0v) is 17.3. The molecule has 0 radical (unpaired) electrons. The summed E-state index contributed by atoms with van der Waals surface area (Å²) >= 11 is 0. The van der Waals surface area contributed by atoms with E-state index in [2.05, 4.69) is 41.5 Å².